The average Bonchev–Trinajstić information content (AvgIpc) is 2.34. The van der Waals surface area contributed by atoms with Gasteiger partial charge in [0.15, 0.2) is 0 Å². The molecule has 0 spiro atoms. The number of hydrogen-bond donors (Lipinski definition) is 1. The van der Waals surface area contributed by atoms with E-state index in [0.717, 1.165) is 0 Å². The first-order chi connectivity index (χ1) is 8.32. The van der Waals surface area contributed by atoms with Crippen molar-refractivity contribution in [3.05, 3.63) is 0 Å². The Labute approximate surface area is 115 Å². The molecule has 0 aromatic carbocycles. The molecule has 0 radical (unpaired) electrons. The van der Waals surface area contributed by atoms with E-state index in [1.54, 1.807) is 18.7 Å². The number of hydrogen-bond acceptors (Lipinski definition) is 4. The van der Waals surface area contributed by atoms with Crippen molar-refractivity contribution < 1.29 is 19.4 Å². The van der Waals surface area contributed by atoms with E-state index >= 15 is 0 Å². The zero-order chi connectivity index (χ0) is 15.1. The van der Waals surface area contributed by atoms with Crippen molar-refractivity contribution in [1.29, 1.82) is 0 Å². The molecule has 0 aromatic heterocycles. The molecule has 19 heavy (non-hydrogen) atoms. The van der Waals surface area contributed by atoms with E-state index in [1.165, 1.54) is 0 Å². The molecule has 1 rings (SSSR count). The maximum atomic E-state index is 12.3. The van der Waals surface area contributed by atoms with Gasteiger partial charge in [-0.3, -0.25) is 4.90 Å². The smallest absolute Gasteiger partial charge is 0.412 e. The summed E-state index contributed by atoms with van der Waals surface area (Å²) in [6, 6.07) is -0.176. The van der Waals surface area contributed by atoms with E-state index in [0.29, 0.717) is 13.0 Å². The summed E-state index contributed by atoms with van der Waals surface area (Å²) in [5.41, 5.74) is -2.11. The monoisotopic (exact) mass is 273 g/mol. The molecule has 1 atom stereocenters. The van der Waals surface area contributed by atoms with Gasteiger partial charge in [0.1, 0.15) is 11.3 Å². The lowest BCUT2D eigenvalue weighted by molar-refractivity contribution is -0.0651. The second-order valence-corrected chi connectivity index (χ2v) is 7.28. The minimum absolute atomic E-state index is 0.176. The standard InChI is InChI=1S/C14H27NO4/c1-12(2,3)19-11(16)15-10(8-13(4,5)17)9-18-14(15,6)7/h10,17H,8-9H2,1-7H3/t10-/m0/s1. The Morgan fingerprint density at radius 3 is 2.32 bits per heavy atom. The Bertz CT molecular complexity index is 338. The molecular formula is C14H27NO4. The Hall–Kier alpha value is -0.810. The van der Waals surface area contributed by atoms with E-state index in [9.17, 15) is 9.90 Å². The third kappa shape index (κ3) is 4.66. The lowest BCUT2D eigenvalue weighted by atomic mass is 9.98. The number of carbonyl (C=O) groups excluding carboxylic acids is 1. The van der Waals surface area contributed by atoms with Gasteiger partial charge in [0.2, 0.25) is 0 Å². The molecule has 112 valence electrons. The summed E-state index contributed by atoms with van der Waals surface area (Å²) in [4.78, 5) is 13.9. The normalized spacial score (nSPS) is 23.6. The van der Waals surface area contributed by atoms with Crippen LogP contribution in [0.2, 0.25) is 0 Å². The van der Waals surface area contributed by atoms with Gasteiger partial charge >= 0.3 is 6.09 Å². The summed E-state index contributed by atoms with van der Waals surface area (Å²) in [7, 11) is 0. The molecule has 1 amide bonds. The number of rotatable bonds is 2. The molecule has 1 fully saturated rings. The predicted molar refractivity (Wildman–Crippen MR) is 72.8 cm³/mol. The van der Waals surface area contributed by atoms with Crippen LogP contribution in [0.3, 0.4) is 0 Å². The van der Waals surface area contributed by atoms with Crippen LogP contribution >= 0.6 is 0 Å². The zero-order valence-electron chi connectivity index (χ0n) is 13.1. The largest absolute Gasteiger partial charge is 0.444 e. The molecule has 1 aliphatic heterocycles. The summed E-state index contributed by atoms with van der Waals surface area (Å²) < 4.78 is 11.1. The molecular weight excluding hydrogens is 246 g/mol. The van der Waals surface area contributed by atoms with Crippen LogP contribution in [0.15, 0.2) is 0 Å². The van der Waals surface area contributed by atoms with Gasteiger partial charge < -0.3 is 14.6 Å². The Balaban J connectivity index is 2.87. The fourth-order valence-corrected chi connectivity index (χ4v) is 2.29. The first-order valence-electron chi connectivity index (χ1n) is 6.70. The number of nitrogens with zero attached hydrogens (tertiary/aromatic N) is 1. The van der Waals surface area contributed by atoms with Crippen molar-refractivity contribution in [2.75, 3.05) is 6.61 Å². The fourth-order valence-electron chi connectivity index (χ4n) is 2.29. The van der Waals surface area contributed by atoms with Crippen LogP contribution in [0.25, 0.3) is 0 Å². The summed E-state index contributed by atoms with van der Waals surface area (Å²) in [6.07, 6.45) is 0.0552. The fraction of sp³-hybridized carbons (Fsp3) is 0.929. The first-order valence-corrected chi connectivity index (χ1v) is 6.70. The van der Waals surface area contributed by atoms with Gasteiger partial charge in [-0.2, -0.15) is 0 Å². The van der Waals surface area contributed by atoms with Crippen molar-refractivity contribution in [2.45, 2.75) is 77.9 Å². The van der Waals surface area contributed by atoms with Crippen LogP contribution in [-0.4, -0.2) is 45.7 Å². The van der Waals surface area contributed by atoms with Gasteiger partial charge in [-0.25, -0.2) is 4.79 Å². The van der Waals surface area contributed by atoms with E-state index in [2.05, 4.69) is 0 Å². The van der Waals surface area contributed by atoms with Crippen LogP contribution in [0, 0.1) is 0 Å². The van der Waals surface area contributed by atoms with Crippen LogP contribution in [0.5, 0.6) is 0 Å². The second kappa shape index (κ2) is 4.94. The number of ether oxygens (including phenoxy) is 2. The summed E-state index contributed by atoms with van der Waals surface area (Å²) in [6.45, 7) is 13.0. The number of carbonyl (C=O) groups is 1. The lowest BCUT2D eigenvalue weighted by Crippen LogP contribution is -2.51. The topological polar surface area (TPSA) is 59.0 Å². The Morgan fingerprint density at radius 2 is 1.89 bits per heavy atom. The van der Waals surface area contributed by atoms with E-state index < -0.39 is 23.0 Å². The highest BCUT2D eigenvalue weighted by atomic mass is 16.6. The molecule has 1 aliphatic rings. The highest BCUT2D eigenvalue weighted by molar-refractivity contribution is 5.69. The molecule has 1 heterocycles. The Morgan fingerprint density at radius 1 is 1.37 bits per heavy atom. The maximum Gasteiger partial charge on any atom is 0.412 e. The van der Waals surface area contributed by atoms with Crippen molar-refractivity contribution in [1.82, 2.24) is 4.90 Å². The quantitative estimate of drug-likeness (QED) is 0.840. The Kier molecular flexibility index (Phi) is 4.23. The van der Waals surface area contributed by atoms with Gasteiger partial charge in [0.25, 0.3) is 0 Å². The summed E-state index contributed by atoms with van der Waals surface area (Å²) in [5.74, 6) is 0. The molecule has 0 unspecified atom stereocenters. The summed E-state index contributed by atoms with van der Waals surface area (Å²) >= 11 is 0. The minimum Gasteiger partial charge on any atom is -0.444 e. The van der Waals surface area contributed by atoms with Gasteiger partial charge in [0, 0.05) is 0 Å². The van der Waals surface area contributed by atoms with Crippen molar-refractivity contribution in [3.8, 4) is 0 Å². The number of amides is 1. The van der Waals surface area contributed by atoms with Gasteiger partial charge in [-0.1, -0.05) is 0 Å². The average molecular weight is 273 g/mol. The summed E-state index contributed by atoms with van der Waals surface area (Å²) in [5, 5.41) is 9.95. The molecule has 0 saturated carbocycles. The number of aliphatic hydroxyl groups is 1. The molecule has 0 bridgehead atoms. The molecule has 0 aliphatic carbocycles. The first kappa shape index (κ1) is 16.2. The predicted octanol–water partition coefficient (Wildman–Crippen LogP) is 2.52. The van der Waals surface area contributed by atoms with E-state index in [4.69, 9.17) is 9.47 Å². The van der Waals surface area contributed by atoms with Crippen molar-refractivity contribution in [2.24, 2.45) is 0 Å². The minimum atomic E-state index is -0.852. The van der Waals surface area contributed by atoms with E-state index in [1.807, 2.05) is 34.6 Å². The third-order valence-corrected chi connectivity index (χ3v) is 2.90. The second-order valence-electron chi connectivity index (χ2n) is 7.28. The highest BCUT2D eigenvalue weighted by Gasteiger charge is 2.46. The van der Waals surface area contributed by atoms with Gasteiger partial charge in [0.05, 0.1) is 18.2 Å². The van der Waals surface area contributed by atoms with Crippen LogP contribution in [-0.2, 0) is 9.47 Å². The van der Waals surface area contributed by atoms with Gasteiger partial charge in [-0.05, 0) is 54.9 Å². The third-order valence-electron chi connectivity index (χ3n) is 2.90. The van der Waals surface area contributed by atoms with Crippen LogP contribution < -0.4 is 0 Å². The molecule has 5 nitrogen and oxygen atoms in total. The highest BCUT2D eigenvalue weighted by Crippen LogP contribution is 2.32. The van der Waals surface area contributed by atoms with E-state index in [-0.39, 0.29) is 6.04 Å². The molecule has 1 N–H and O–H groups in total. The van der Waals surface area contributed by atoms with Gasteiger partial charge in [-0.15, -0.1) is 0 Å². The zero-order valence-corrected chi connectivity index (χ0v) is 13.1. The SMILES string of the molecule is CC(C)(O)C[C@H]1COC(C)(C)N1C(=O)OC(C)(C)C. The molecule has 0 aromatic rings. The maximum absolute atomic E-state index is 12.3. The van der Waals surface area contributed by atoms with Crippen LogP contribution in [0.4, 0.5) is 4.79 Å². The van der Waals surface area contributed by atoms with Crippen molar-refractivity contribution >= 4 is 6.09 Å². The molecule has 5 heteroatoms. The van der Waals surface area contributed by atoms with Crippen molar-refractivity contribution in [3.63, 3.8) is 0 Å². The lowest BCUT2D eigenvalue weighted by Gasteiger charge is -2.36. The molecule has 1 saturated heterocycles. The van der Waals surface area contributed by atoms with Crippen LogP contribution in [0.1, 0.15) is 54.9 Å².